The third kappa shape index (κ3) is 4.54. The topological polar surface area (TPSA) is 91.7 Å². The van der Waals surface area contributed by atoms with E-state index in [1.54, 1.807) is 19.0 Å². The van der Waals surface area contributed by atoms with E-state index in [2.05, 4.69) is 27.3 Å². The summed E-state index contributed by atoms with van der Waals surface area (Å²) in [5.41, 5.74) is 3.77. The minimum absolute atomic E-state index is 0.0693. The van der Waals surface area contributed by atoms with Crippen LogP contribution in [0, 0.1) is 0 Å². The first-order chi connectivity index (χ1) is 16.0. The van der Waals surface area contributed by atoms with E-state index in [0.717, 1.165) is 69.2 Å². The lowest BCUT2D eigenvalue weighted by Gasteiger charge is -2.28. The van der Waals surface area contributed by atoms with Crippen molar-refractivity contribution in [3.05, 3.63) is 28.7 Å². The van der Waals surface area contributed by atoms with Gasteiger partial charge in [-0.25, -0.2) is 0 Å². The molecule has 178 valence electrons. The molecule has 0 aliphatic carbocycles. The van der Waals surface area contributed by atoms with Crippen LogP contribution in [0.25, 0.3) is 0 Å². The van der Waals surface area contributed by atoms with Crippen LogP contribution in [0.3, 0.4) is 0 Å². The number of aromatic nitrogens is 4. The third-order valence-corrected chi connectivity index (χ3v) is 6.91. The summed E-state index contributed by atoms with van der Waals surface area (Å²) in [6.45, 7) is 5.72. The summed E-state index contributed by atoms with van der Waals surface area (Å²) in [5.74, 6) is 0.895. The Hall–Kier alpha value is -2.72. The monoisotopic (exact) mass is 454 g/mol. The van der Waals surface area contributed by atoms with Gasteiger partial charge in [-0.2, -0.15) is 15.1 Å². The molecule has 10 nitrogen and oxygen atoms in total. The van der Waals surface area contributed by atoms with E-state index in [1.807, 2.05) is 10.7 Å². The summed E-state index contributed by atoms with van der Waals surface area (Å²) < 4.78 is 8.11. The Morgan fingerprint density at radius 1 is 1.24 bits per heavy atom. The molecule has 5 heterocycles. The number of anilines is 1. The lowest BCUT2D eigenvalue weighted by atomic mass is 10.1. The maximum absolute atomic E-state index is 12.4. The zero-order chi connectivity index (χ0) is 22.9. The molecule has 1 atom stereocenters. The van der Waals surface area contributed by atoms with Gasteiger partial charge >= 0.3 is 6.01 Å². The average Bonchev–Trinajstić information content (AvgIpc) is 3.36. The van der Waals surface area contributed by atoms with Gasteiger partial charge in [-0.3, -0.25) is 9.48 Å². The fourth-order valence-electron chi connectivity index (χ4n) is 4.98. The predicted octanol–water partition coefficient (Wildman–Crippen LogP) is 0.904. The number of likely N-dealkylation sites (tertiary alicyclic amines) is 1. The third-order valence-electron chi connectivity index (χ3n) is 6.91. The molecule has 33 heavy (non-hydrogen) atoms. The van der Waals surface area contributed by atoms with Gasteiger partial charge in [0.05, 0.1) is 17.9 Å². The van der Waals surface area contributed by atoms with Crippen molar-refractivity contribution in [2.45, 2.75) is 51.4 Å². The first-order valence-corrected chi connectivity index (χ1v) is 12.0. The Kier molecular flexibility index (Phi) is 6.20. The number of nitrogens with zero attached hydrogens (tertiary/aromatic N) is 7. The number of carbonyl (C=O) groups excluding carboxylic acids is 1. The Balaban J connectivity index is 1.42. The molecule has 10 heteroatoms. The highest BCUT2D eigenvalue weighted by atomic mass is 16.5. The van der Waals surface area contributed by atoms with Crippen LogP contribution in [-0.4, -0.2) is 88.9 Å². The highest BCUT2D eigenvalue weighted by Gasteiger charge is 2.27. The fraction of sp³-hybridized carbons (Fsp3) is 0.652. The zero-order valence-electron chi connectivity index (χ0n) is 19.9. The first-order valence-electron chi connectivity index (χ1n) is 12.0. The van der Waals surface area contributed by atoms with E-state index in [1.165, 1.54) is 12.0 Å². The Bertz CT molecular complexity index is 1020. The largest absolute Gasteiger partial charge is 0.462 e. The molecule has 2 aromatic rings. The molecule has 0 aromatic carbocycles. The molecule has 5 rings (SSSR count). The van der Waals surface area contributed by atoms with Crippen molar-refractivity contribution in [1.29, 1.82) is 0 Å². The number of hydrogen-bond acceptors (Lipinski definition) is 8. The standard InChI is InChI=1S/C23H34N8O2/c1-28(2)22(32)19-12-17-14-30(10-5-11-31(17)27-19)21-18-7-8-24-13-20(18)25-23(26-21)33-15-16-6-4-9-29(16)3/h12,16,24H,4-11,13-15H2,1-3H3/t16-/m0/s1. The van der Waals surface area contributed by atoms with Crippen LogP contribution in [0.15, 0.2) is 6.07 Å². The molecule has 1 saturated heterocycles. The highest BCUT2D eigenvalue weighted by Crippen LogP contribution is 2.29. The van der Waals surface area contributed by atoms with Gasteiger partial charge in [0.25, 0.3) is 5.91 Å². The molecular weight excluding hydrogens is 420 g/mol. The number of ether oxygens (including phenoxy) is 1. The second-order valence-corrected chi connectivity index (χ2v) is 9.49. The summed E-state index contributed by atoms with van der Waals surface area (Å²) in [7, 11) is 5.66. The molecule has 2 aromatic heterocycles. The van der Waals surface area contributed by atoms with E-state index >= 15 is 0 Å². The van der Waals surface area contributed by atoms with Crippen LogP contribution in [0.1, 0.15) is 46.7 Å². The number of rotatable bonds is 5. The number of nitrogens with one attached hydrogen (secondary N) is 1. The van der Waals surface area contributed by atoms with Crippen molar-refractivity contribution in [3.8, 4) is 6.01 Å². The Morgan fingerprint density at radius 2 is 2.12 bits per heavy atom. The maximum atomic E-state index is 12.4. The van der Waals surface area contributed by atoms with E-state index in [0.29, 0.717) is 30.9 Å². The van der Waals surface area contributed by atoms with Crippen LogP contribution >= 0.6 is 0 Å². The Morgan fingerprint density at radius 3 is 2.91 bits per heavy atom. The number of hydrogen-bond donors (Lipinski definition) is 1. The molecule has 1 fully saturated rings. The average molecular weight is 455 g/mol. The number of likely N-dealkylation sites (N-methyl/N-ethyl adjacent to an activating group) is 1. The van der Waals surface area contributed by atoms with Crippen molar-refractivity contribution >= 4 is 11.7 Å². The number of amides is 1. The van der Waals surface area contributed by atoms with Crippen LogP contribution in [0.4, 0.5) is 5.82 Å². The smallest absolute Gasteiger partial charge is 0.318 e. The molecule has 0 spiro atoms. The van der Waals surface area contributed by atoms with Gasteiger partial charge in [0, 0.05) is 45.3 Å². The summed E-state index contributed by atoms with van der Waals surface area (Å²) in [6.07, 6.45) is 4.20. The molecular formula is C23H34N8O2. The van der Waals surface area contributed by atoms with E-state index in [-0.39, 0.29) is 5.91 Å². The fourth-order valence-corrected chi connectivity index (χ4v) is 4.98. The van der Waals surface area contributed by atoms with Gasteiger partial charge in [0.1, 0.15) is 12.4 Å². The minimum atomic E-state index is -0.0693. The summed E-state index contributed by atoms with van der Waals surface area (Å²) >= 11 is 0. The van der Waals surface area contributed by atoms with Gasteiger partial charge in [0.15, 0.2) is 5.69 Å². The van der Waals surface area contributed by atoms with Crippen molar-refractivity contribution in [3.63, 3.8) is 0 Å². The van der Waals surface area contributed by atoms with Crippen molar-refractivity contribution < 1.29 is 9.53 Å². The highest BCUT2D eigenvalue weighted by molar-refractivity contribution is 5.92. The number of aryl methyl sites for hydroxylation is 1. The molecule has 0 bridgehead atoms. The van der Waals surface area contributed by atoms with Crippen LogP contribution < -0.4 is 15.0 Å². The first kappa shape index (κ1) is 22.1. The second-order valence-electron chi connectivity index (χ2n) is 9.49. The number of carbonyl (C=O) groups is 1. The Labute approximate surface area is 194 Å². The molecule has 1 N–H and O–H groups in total. The van der Waals surface area contributed by atoms with Crippen LogP contribution in [0.5, 0.6) is 6.01 Å². The van der Waals surface area contributed by atoms with Gasteiger partial charge in [-0.15, -0.1) is 0 Å². The molecule has 0 unspecified atom stereocenters. The normalized spacial score (nSPS) is 20.8. The SMILES string of the molecule is CN(C)C(=O)c1cc2n(n1)CCCN(c1nc(OC[C@@H]3CCCN3C)nc3c1CCNC3)C2. The van der Waals surface area contributed by atoms with Crippen molar-refractivity contribution in [2.75, 3.05) is 52.3 Å². The van der Waals surface area contributed by atoms with E-state index in [4.69, 9.17) is 14.7 Å². The van der Waals surface area contributed by atoms with Crippen molar-refractivity contribution in [1.82, 2.24) is 34.9 Å². The lowest BCUT2D eigenvalue weighted by Crippen LogP contribution is -2.33. The molecule has 3 aliphatic rings. The predicted molar refractivity (Wildman–Crippen MR) is 125 cm³/mol. The van der Waals surface area contributed by atoms with Crippen LogP contribution in [-0.2, 0) is 26.1 Å². The summed E-state index contributed by atoms with van der Waals surface area (Å²) in [5, 5.41) is 8.00. The van der Waals surface area contributed by atoms with Gasteiger partial charge in [-0.05, 0) is 51.9 Å². The molecule has 0 radical (unpaired) electrons. The molecule has 3 aliphatic heterocycles. The summed E-state index contributed by atoms with van der Waals surface area (Å²) in [6, 6.07) is 2.81. The van der Waals surface area contributed by atoms with Gasteiger partial charge in [-0.1, -0.05) is 0 Å². The zero-order valence-corrected chi connectivity index (χ0v) is 19.9. The quantitative estimate of drug-likeness (QED) is 0.713. The minimum Gasteiger partial charge on any atom is -0.462 e. The van der Waals surface area contributed by atoms with Crippen molar-refractivity contribution in [2.24, 2.45) is 0 Å². The van der Waals surface area contributed by atoms with Gasteiger partial charge < -0.3 is 24.8 Å². The second kappa shape index (κ2) is 9.26. The van der Waals surface area contributed by atoms with Gasteiger partial charge in [0.2, 0.25) is 0 Å². The molecule has 1 amide bonds. The van der Waals surface area contributed by atoms with Crippen LogP contribution in [0.2, 0.25) is 0 Å². The summed E-state index contributed by atoms with van der Waals surface area (Å²) in [4.78, 5) is 28.3. The number of fused-ring (bicyclic) bond motifs is 2. The van der Waals surface area contributed by atoms with E-state index in [9.17, 15) is 4.79 Å². The maximum Gasteiger partial charge on any atom is 0.318 e. The van der Waals surface area contributed by atoms with E-state index < -0.39 is 0 Å². The lowest BCUT2D eigenvalue weighted by molar-refractivity contribution is 0.0821. The molecule has 0 saturated carbocycles.